The molecule has 1 aliphatic rings. The van der Waals surface area contributed by atoms with Gasteiger partial charge in [0, 0.05) is 18.5 Å². The second-order valence-corrected chi connectivity index (χ2v) is 5.82. The summed E-state index contributed by atoms with van der Waals surface area (Å²) in [5.74, 6) is 1.15. The van der Waals surface area contributed by atoms with Gasteiger partial charge in [-0.15, -0.1) is 0 Å². The van der Waals surface area contributed by atoms with Crippen LogP contribution >= 0.6 is 0 Å². The summed E-state index contributed by atoms with van der Waals surface area (Å²) < 4.78 is 5.34. The molecule has 1 fully saturated rings. The second kappa shape index (κ2) is 6.73. The van der Waals surface area contributed by atoms with Crippen molar-refractivity contribution in [3.63, 3.8) is 0 Å². The summed E-state index contributed by atoms with van der Waals surface area (Å²) in [6.07, 6.45) is 5.78. The third-order valence-corrected chi connectivity index (χ3v) is 4.23. The molecule has 5 nitrogen and oxygen atoms in total. The highest BCUT2D eigenvalue weighted by atomic mass is 16.5. The van der Waals surface area contributed by atoms with E-state index in [1.807, 2.05) is 35.2 Å². The summed E-state index contributed by atoms with van der Waals surface area (Å²) in [7, 11) is 0. The van der Waals surface area contributed by atoms with Gasteiger partial charge in [-0.05, 0) is 12.8 Å². The average Bonchev–Trinajstić information content (AvgIpc) is 3.03. The van der Waals surface area contributed by atoms with Gasteiger partial charge in [-0.1, -0.05) is 54.8 Å². The lowest BCUT2D eigenvalue weighted by Crippen LogP contribution is -2.39. The Morgan fingerprint density at radius 3 is 2.64 bits per heavy atom. The van der Waals surface area contributed by atoms with Gasteiger partial charge in [0.25, 0.3) is 0 Å². The number of carbonyl (C=O) groups excluding carboxylic acids is 1. The lowest BCUT2D eigenvalue weighted by Gasteiger charge is -2.32. The van der Waals surface area contributed by atoms with Crippen molar-refractivity contribution in [2.75, 3.05) is 0 Å². The van der Waals surface area contributed by atoms with E-state index < -0.39 is 0 Å². The quantitative estimate of drug-likeness (QED) is 0.868. The predicted molar refractivity (Wildman–Crippen MR) is 82.8 cm³/mol. The Morgan fingerprint density at radius 2 is 1.95 bits per heavy atom. The highest BCUT2D eigenvalue weighted by Gasteiger charge is 2.25. The van der Waals surface area contributed by atoms with Gasteiger partial charge in [-0.3, -0.25) is 4.79 Å². The molecule has 1 heterocycles. The van der Waals surface area contributed by atoms with Gasteiger partial charge in [0.15, 0.2) is 0 Å². The first-order valence-electron chi connectivity index (χ1n) is 7.89. The first-order valence-corrected chi connectivity index (χ1v) is 7.89. The van der Waals surface area contributed by atoms with Crippen molar-refractivity contribution in [3.8, 4) is 11.4 Å². The molecule has 3 rings (SSSR count). The van der Waals surface area contributed by atoms with Crippen molar-refractivity contribution in [3.05, 3.63) is 36.2 Å². The van der Waals surface area contributed by atoms with Crippen molar-refractivity contribution < 1.29 is 9.32 Å². The fourth-order valence-corrected chi connectivity index (χ4v) is 3.06. The zero-order valence-electron chi connectivity index (χ0n) is 12.9. The van der Waals surface area contributed by atoms with Gasteiger partial charge in [0.05, 0.1) is 0 Å². The SMILES string of the molecule is CC(=O)N(Cc1nc(-c2ccccc2)no1)C1CCCCC1. The predicted octanol–water partition coefficient (Wildman–Crippen LogP) is 3.42. The molecule has 1 saturated carbocycles. The van der Waals surface area contributed by atoms with E-state index in [2.05, 4.69) is 10.1 Å². The van der Waals surface area contributed by atoms with Gasteiger partial charge in [-0.25, -0.2) is 0 Å². The van der Waals surface area contributed by atoms with Crippen molar-refractivity contribution in [1.82, 2.24) is 15.0 Å². The van der Waals surface area contributed by atoms with E-state index in [1.165, 1.54) is 19.3 Å². The Balaban J connectivity index is 1.73. The molecular formula is C17H21N3O2. The number of hydrogen-bond donors (Lipinski definition) is 0. The standard InChI is InChI=1S/C17H21N3O2/c1-13(21)20(15-10-6-3-7-11-15)12-16-18-17(19-22-16)14-8-4-2-5-9-14/h2,4-5,8-9,15H,3,6-7,10-12H2,1H3. The largest absolute Gasteiger partial charge is 0.337 e. The van der Waals surface area contributed by atoms with Crippen molar-refractivity contribution in [2.24, 2.45) is 0 Å². The summed E-state index contributed by atoms with van der Waals surface area (Å²) in [5.41, 5.74) is 0.921. The van der Waals surface area contributed by atoms with E-state index in [1.54, 1.807) is 6.92 Å². The Labute approximate surface area is 130 Å². The summed E-state index contributed by atoms with van der Waals surface area (Å²) in [6.45, 7) is 2.02. The van der Waals surface area contributed by atoms with Gasteiger partial charge >= 0.3 is 0 Å². The molecule has 1 amide bonds. The average molecular weight is 299 g/mol. The molecule has 0 unspecified atom stereocenters. The van der Waals surface area contributed by atoms with Gasteiger partial charge in [0.1, 0.15) is 6.54 Å². The minimum atomic E-state index is 0.0753. The number of benzene rings is 1. The maximum Gasteiger partial charge on any atom is 0.246 e. The van der Waals surface area contributed by atoms with E-state index in [9.17, 15) is 4.79 Å². The maximum absolute atomic E-state index is 12.0. The van der Waals surface area contributed by atoms with Gasteiger partial charge in [-0.2, -0.15) is 4.98 Å². The van der Waals surface area contributed by atoms with E-state index in [4.69, 9.17) is 4.52 Å². The summed E-state index contributed by atoms with van der Waals surface area (Å²) in [4.78, 5) is 18.3. The summed E-state index contributed by atoms with van der Waals surface area (Å²) in [5, 5.41) is 4.02. The van der Waals surface area contributed by atoms with E-state index >= 15 is 0 Å². The monoisotopic (exact) mass is 299 g/mol. The number of carbonyl (C=O) groups is 1. The molecule has 1 aliphatic carbocycles. The molecule has 0 atom stereocenters. The first-order chi connectivity index (χ1) is 10.7. The molecule has 0 radical (unpaired) electrons. The van der Waals surface area contributed by atoms with Crippen LogP contribution in [0.2, 0.25) is 0 Å². The van der Waals surface area contributed by atoms with E-state index in [0.29, 0.717) is 24.3 Å². The fourth-order valence-electron chi connectivity index (χ4n) is 3.06. The van der Waals surface area contributed by atoms with Crippen LogP contribution < -0.4 is 0 Å². The molecule has 22 heavy (non-hydrogen) atoms. The number of nitrogens with zero attached hydrogens (tertiary/aromatic N) is 3. The second-order valence-electron chi connectivity index (χ2n) is 5.82. The zero-order chi connectivity index (χ0) is 15.4. The Morgan fingerprint density at radius 1 is 1.23 bits per heavy atom. The normalized spacial score (nSPS) is 15.7. The molecule has 0 N–H and O–H groups in total. The Bertz CT molecular complexity index is 618. The van der Waals surface area contributed by atoms with Crippen LogP contribution in [-0.2, 0) is 11.3 Å². The molecule has 0 spiro atoms. The van der Waals surface area contributed by atoms with Crippen LogP contribution in [0.1, 0.15) is 44.9 Å². The van der Waals surface area contributed by atoms with Crippen molar-refractivity contribution in [1.29, 1.82) is 0 Å². The molecule has 1 aromatic heterocycles. The number of aromatic nitrogens is 2. The van der Waals surface area contributed by atoms with Crippen LogP contribution in [0.4, 0.5) is 0 Å². The Kier molecular flexibility index (Phi) is 4.51. The zero-order valence-corrected chi connectivity index (χ0v) is 12.9. The maximum atomic E-state index is 12.0. The third kappa shape index (κ3) is 3.35. The van der Waals surface area contributed by atoms with Crippen LogP contribution in [0, 0.1) is 0 Å². The number of rotatable bonds is 4. The van der Waals surface area contributed by atoms with Crippen molar-refractivity contribution >= 4 is 5.91 Å². The first kappa shape index (κ1) is 14.8. The lowest BCUT2D eigenvalue weighted by atomic mass is 9.94. The molecule has 2 aromatic rings. The number of hydrogen-bond acceptors (Lipinski definition) is 4. The minimum Gasteiger partial charge on any atom is -0.337 e. The highest BCUT2D eigenvalue weighted by Crippen LogP contribution is 2.24. The molecular weight excluding hydrogens is 278 g/mol. The summed E-state index contributed by atoms with van der Waals surface area (Å²) in [6, 6.07) is 10.0. The highest BCUT2D eigenvalue weighted by molar-refractivity contribution is 5.73. The van der Waals surface area contributed by atoms with Crippen LogP contribution in [0.3, 0.4) is 0 Å². The number of amides is 1. The lowest BCUT2D eigenvalue weighted by molar-refractivity contribution is -0.133. The van der Waals surface area contributed by atoms with Gasteiger partial charge in [0.2, 0.25) is 17.6 Å². The van der Waals surface area contributed by atoms with Gasteiger partial charge < -0.3 is 9.42 Å². The minimum absolute atomic E-state index is 0.0753. The van der Waals surface area contributed by atoms with Crippen LogP contribution in [-0.4, -0.2) is 27.0 Å². The van der Waals surface area contributed by atoms with Crippen LogP contribution in [0.15, 0.2) is 34.9 Å². The fraction of sp³-hybridized carbons (Fsp3) is 0.471. The molecule has 0 aliphatic heterocycles. The van der Waals surface area contributed by atoms with Crippen LogP contribution in [0.25, 0.3) is 11.4 Å². The third-order valence-electron chi connectivity index (χ3n) is 4.23. The molecule has 5 heteroatoms. The van der Waals surface area contributed by atoms with E-state index in [0.717, 1.165) is 18.4 Å². The molecule has 1 aromatic carbocycles. The molecule has 0 saturated heterocycles. The Hall–Kier alpha value is -2.17. The van der Waals surface area contributed by atoms with Crippen LogP contribution in [0.5, 0.6) is 0 Å². The molecule has 116 valence electrons. The smallest absolute Gasteiger partial charge is 0.246 e. The summed E-state index contributed by atoms with van der Waals surface area (Å²) >= 11 is 0. The topological polar surface area (TPSA) is 59.2 Å². The van der Waals surface area contributed by atoms with E-state index in [-0.39, 0.29) is 5.91 Å². The van der Waals surface area contributed by atoms with Crippen molar-refractivity contribution in [2.45, 2.75) is 51.6 Å². The molecule has 0 bridgehead atoms.